The van der Waals surface area contributed by atoms with E-state index in [0.29, 0.717) is 0 Å². The molecule has 0 aromatic carbocycles. The van der Waals surface area contributed by atoms with Crippen LogP contribution in [0.15, 0.2) is 0 Å². The van der Waals surface area contributed by atoms with Crippen LogP contribution in [0, 0.1) is 5.92 Å². The summed E-state index contributed by atoms with van der Waals surface area (Å²) in [5, 5.41) is 3.68. The van der Waals surface area contributed by atoms with Crippen LogP contribution in [0.5, 0.6) is 0 Å². The molecule has 0 aromatic rings. The van der Waals surface area contributed by atoms with E-state index >= 15 is 0 Å². The third-order valence-corrected chi connectivity index (χ3v) is 3.91. The molecular weight excluding hydrogens is 172 g/mol. The molecule has 1 N–H and O–H groups in total. The van der Waals surface area contributed by atoms with Crippen LogP contribution in [0.3, 0.4) is 0 Å². The highest BCUT2D eigenvalue weighted by atomic mass is 15.2. The Bertz CT molecular complexity index is 196. The number of likely N-dealkylation sites (tertiary alicyclic amines) is 1. The largest absolute Gasteiger partial charge is 0.312 e. The molecule has 0 spiro atoms. The Hall–Kier alpha value is -0.0800. The fourth-order valence-corrected chi connectivity index (χ4v) is 2.59. The quantitative estimate of drug-likeness (QED) is 0.715. The Morgan fingerprint density at radius 3 is 2.64 bits per heavy atom. The highest BCUT2D eigenvalue weighted by molar-refractivity contribution is 4.89. The second-order valence-electron chi connectivity index (χ2n) is 5.42. The van der Waals surface area contributed by atoms with E-state index < -0.39 is 0 Å². The van der Waals surface area contributed by atoms with Crippen molar-refractivity contribution in [3.63, 3.8) is 0 Å². The second-order valence-corrected chi connectivity index (χ2v) is 5.42. The second kappa shape index (κ2) is 3.82. The molecule has 0 radical (unpaired) electrons. The van der Waals surface area contributed by atoms with Gasteiger partial charge in [-0.25, -0.2) is 0 Å². The Labute approximate surface area is 87.0 Å². The topological polar surface area (TPSA) is 15.3 Å². The molecule has 0 amide bonds. The third kappa shape index (κ3) is 2.29. The van der Waals surface area contributed by atoms with E-state index in [1.807, 2.05) is 0 Å². The molecule has 14 heavy (non-hydrogen) atoms. The molecule has 2 heteroatoms. The summed E-state index contributed by atoms with van der Waals surface area (Å²) >= 11 is 0. The van der Waals surface area contributed by atoms with Crippen molar-refractivity contribution in [3.8, 4) is 0 Å². The molecule has 0 bridgehead atoms. The molecule has 2 nitrogen and oxygen atoms in total. The van der Waals surface area contributed by atoms with Crippen molar-refractivity contribution >= 4 is 0 Å². The van der Waals surface area contributed by atoms with Crippen LogP contribution >= 0.6 is 0 Å². The van der Waals surface area contributed by atoms with Crippen LogP contribution in [-0.4, -0.2) is 36.6 Å². The Morgan fingerprint density at radius 1 is 1.07 bits per heavy atom. The Balaban J connectivity index is 1.44. The van der Waals surface area contributed by atoms with E-state index in [-0.39, 0.29) is 0 Å². The van der Waals surface area contributed by atoms with Crippen molar-refractivity contribution < 1.29 is 0 Å². The molecule has 1 saturated heterocycles. The molecule has 1 unspecified atom stereocenters. The van der Waals surface area contributed by atoms with E-state index in [1.165, 1.54) is 58.2 Å². The lowest BCUT2D eigenvalue weighted by molar-refractivity contribution is 0.237. The van der Waals surface area contributed by atoms with E-state index in [2.05, 4.69) is 10.2 Å². The van der Waals surface area contributed by atoms with E-state index in [9.17, 15) is 0 Å². The number of hydrogen-bond donors (Lipinski definition) is 1. The minimum absolute atomic E-state index is 0.871. The van der Waals surface area contributed by atoms with Gasteiger partial charge in [-0.3, -0.25) is 4.90 Å². The van der Waals surface area contributed by atoms with Crippen LogP contribution < -0.4 is 5.32 Å². The number of hydrogen-bond acceptors (Lipinski definition) is 2. The Kier molecular flexibility index (Phi) is 2.50. The highest BCUT2D eigenvalue weighted by Crippen LogP contribution is 2.32. The van der Waals surface area contributed by atoms with Gasteiger partial charge in [0.1, 0.15) is 0 Å². The van der Waals surface area contributed by atoms with Crippen molar-refractivity contribution in [1.82, 2.24) is 10.2 Å². The van der Waals surface area contributed by atoms with E-state index in [4.69, 9.17) is 0 Å². The fourth-order valence-electron chi connectivity index (χ4n) is 2.59. The molecule has 3 rings (SSSR count). The lowest BCUT2D eigenvalue weighted by atomic mass is 10.2. The van der Waals surface area contributed by atoms with Gasteiger partial charge in [0.05, 0.1) is 0 Å². The predicted molar refractivity (Wildman–Crippen MR) is 58.3 cm³/mol. The van der Waals surface area contributed by atoms with Gasteiger partial charge in [0.2, 0.25) is 0 Å². The molecule has 1 aliphatic heterocycles. The third-order valence-electron chi connectivity index (χ3n) is 3.91. The Morgan fingerprint density at radius 2 is 1.93 bits per heavy atom. The first-order chi connectivity index (χ1) is 6.92. The van der Waals surface area contributed by atoms with Crippen LogP contribution in [0.25, 0.3) is 0 Å². The van der Waals surface area contributed by atoms with Crippen LogP contribution in [0.1, 0.15) is 38.5 Å². The first kappa shape index (κ1) is 9.17. The van der Waals surface area contributed by atoms with Gasteiger partial charge < -0.3 is 5.32 Å². The molecule has 1 atom stereocenters. The first-order valence-corrected chi connectivity index (χ1v) is 6.39. The van der Waals surface area contributed by atoms with Crippen molar-refractivity contribution in [3.05, 3.63) is 0 Å². The van der Waals surface area contributed by atoms with Gasteiger partial charge in [-0.05, 0) is 51.0 Å². The zero-order chi connectivity index (χ0) is 9.38. The summed E-state index contributed by atoms with van der Waals surface area (Å²) in [5.41, 5.74) is 0. The van der Waals surface area contributed by atoms with Crippen LogP contribution in [0.4, 0.5) is 0 Å². The van der Waals surface area contributed by atoms with Gasteiger partial charge in [0, 0.05) is 25.2 Å². The summed E-state index contributed by atoms with van der Waals surface area (Å²) < 4.78 is 0. The summed E-state index contributed by atoms with van der Waals surface area (Å²) in [5.74, 6) is 1.07. The maximum Gasteiger partial charge on any atom is 0.0221 e. The smallest absolute Gasteiger partial charge is 0.0221 e. The van der Waals surface area contributed by atoms with Crippen molar-refractivity contribution in [2.24, 2.45) is 5.92 Å². The molecule has 3 fully saturated rings. The van der Waals surface area contributed by atoms with Crippen molar-refractivity contribution in [2.75, 3.05) is 19.6 Å². The zero-order valence-corrected chi connectivity index (χ0v) is 9.04. The van der Waals surface area contributed by atoms with Gasteiger partial charge in [0.15, 0.2) is 0 Å². The normalized spacial score (nSPS) is 33.9. The average Bonchev–Trinajstić information content (AvgIpc) is 3.05. The molecule has 2 saturated carbocycles. The lowest BCUT2D eigenvalue weighted by Gasteiger charge is -2.24. The van der Waals surface area contributed by atoms with Crippen molar-refractivity contribution in [1.29, 1.82) is 0 Å². The molecule has 2 aliphatic carbocycles. The van der Waals surface area contributed by atoms with Crippen molar-refractivity contribution in [2.45, 2.75) is 50.6 Å². The number of rotatable bonds is 5. The minimum Gasteiger partial charge on any atom is -0.312 e. The van der Waals surface area contributed by atoms with Gasteiger partial charge in [0.25, 0.3) is 0 Å². The monoisotopic (exact) mass is 194 g/mol. The summed E-state index contributed by atoms with van der Waals surface area (Å²) in [7, 11) is 0. The standard InChI is InChI=1S/C12H22N2/c1-2-12(8-13-11-5-6-11)14(7-1)9-10-3-4-10/h10-13H,1-9H2. The zero-order valence-electron chi connectivity index (χ0n) is 9.04. The van der Waals surface area contributed by atoms with Gasteiger partial charge in [-0.15, -0.1) is 0 Å². The average molecular weight is 194 g/mol. The van der Waals surface area contributed by atoms with Gasteiger partial charge in [-0.1, -0.05) is 0 Å². The summed E-state index contributed by atoms with van der Waals surface area (Å²) in [6.45, 7) is 4.03. The lowest BCUT2D eigenvalue weighted by Crippen LogP contribution is -2.39. The molecule has 0 aromatic heterocycles. The summed E-state index contributed by atoms with van der Waals surface area (Å²) in [6, 6.07) is 1.76. The molecule has 1 heterocycles. The highest BCUT2D eigenvalue weighted by Gasteiger charge is 2.31. The minimum atomic E-state index is 0.871. The molecule has 80 valence electrons. The maximum atomic E-state index is 3.68. The predicted octanol–water partition coefficient (Wildman–Crippen LogP) is 1.61. The van der Waals surface area contributed by atoms with E-state index in [0.717, 1.165) is 18.0 Å². The summed E-state index contributed by atoms with van der Waals surface area (Å²) in [4.78, 5) is 2.74. The molecule has 3 aliphatic rings. The van der Waals surface area contributed by atoms with Gasteiger partial charge in [-0.2, -0.15) is 0 Å². The number of nitrogens with zero attached hydrogens (tertiary/aromatic N) is 1. The van der Waals surface area contributed by atoms with Crippen LogP contribution in [-0.2, 0) is 0 Å². The fraction of sp³-hybridized carbons (Fsp3) is 1.00. The SMILES string of the molecule is C1CC(CNC2CC2)N(CC2CC2)C1. The first-order valence-electron chi connectivity index (χ1n) is 6.39. The maximum absolute atomic E-state index is 3.68. The molecular formula is C12H22N2. The van der Waals surface area contributed by atoms with Crippen LogP contribution in [0.2, 0.25) is 0 Å². The summed E-state index contributed by atoms with van der Waals surface area (Å²) in [6.07, 6.45) is 8.72. The van der Waals surface area contributed by atoms with Gasteiger partial charge >= 0.3 is 0 Å². The van der Waals surface area contributed by atoms with E-state index in [1.54, 1.807) is 0 Å². The number of nitrogens with one attached hydrogen (secondary N) is 1.